The highest BCUT2D eigenvalue weighted by molar-refractivity contribution is 9.10. The zero-order chi connectivity index (χ0) is 16.7. The zero-order valence-electron chi connectivity index (χ0n) is 13.3. The molecule has 23 heavy (non-hydrogen) atoms. The fourth-order valence-corrected chi connectivity index (χ4v) is 2.52. The maximum Gasteiger partial charge on any atom is 0.262 e. The van der Waals surface area contributed by atoms with E-state index in [1.165, 1.54) is 0 Å². The molecule has 2 aromatic carbocycles. The smallest absolute Gasteiger partial charge is 0.262 e. The summed E-state index contributed by atoms with van der Waals surface area (Å²) in [5.74, 6) is 1.32. The first-order valence-electron chi connectivity index (χ1n) is 7.56. The number of halogens is 1. The van der Waals surface area contributed by atoms with Crippen LogP contribution in [0.4, 0.5) is 5.69 Å². The molecule has 0 fully saturated rings. The molecule has 0 aromatic heterocycles. The van der Waals surface area contributed by atoms with E-state index in [1.807, 2.05) is 37.3 Å². The highest BCUT2D eigenvalue weighted by atomic mass is 79.9. The molecular weight excluding hydrogens is 358 g/mol. The second-order valence-corrected chi connectivity index (χ2v) is 5.82. The number of hydrogen-bond donors (Lipinski definition) is 1. The van der Waals surface area contributed by atoms with E-state index < -0.39 is 0 Å². The lowest BCUT2D eigenvalue weighted by Crippen LogP contribution is -2.20. The van der Waals surface area contributed by atoms with Gasteiger partial charge < -0.3 is 14.8 Å². The molecule has 0 bridgehead atoms. The highest BCUT2D eigenvalue weighted by Gasteiger charge is 2.07. The first kappa shape index (κ1) is 17.3. The molecule has 0 radical (unpaired) electrons. The molecule has 2 rings (SSSR count). The minimum Gasteiger partial charge on any atom is -0.494 e. The maximum absolute atomic E-state index is 12.0. The summed E-state index contributed by atoms with van der Waals surface area (Å²) in [5.41, 5.74) is 1.78. The first-order valence-corrected chi connectivity index (χ1v) is 8.35. The molecule has 2 aromatic rings. The summed E-state index contributed by atoms with van der Waals surface area (Å²) in [4.78, 5) is 12.0. The van der Waals surface area contributed by atoms with Gasteiger partial charge in [0.1, 0.15) is 11.5 Å². The van der Waals surface area contributed by atoms with Crippen LogP contribution in [0.15, 0.2) is 46.9 Å². The average Bonchev–Trinajstić information content (AvgIpc) is 2.55. The second kappa shape index (κ2) is 8.58. The molecule has 1 amide bonds. The molecule has 1 N–H and O–H groups in total. The van der Waals surface area contributed by atoms with Crippen LogP contribution in [0, 0.1) is 0 Å². The van der Waals surface area contributed by atoms with Crippen molar-refractivity contribution in [3.05, 3.63) is 52.5 Å². The van der Waals surface area contributed by atoms with Gasteiger partial charge in [-0.15, -0.1) is 0 Å². The number of nitrogens with one attached hydrogen (secondary N) is 1. The number of hydrogen-bond acceptors (Lipinski definition) is 3. The van der Waals surface area contributed by atoms with Gasteiger partial charge in [-0.1, -0.05) is 22.9 Å². The predicted molar refractivity (Wildman–Crippen MR) is 95.3 cm³/mol. The Bertz CT molecular complexity index is 656. The molecule has 0 spiro atoms. The number of carbonyl (C=O) groups excluding carboxylic acids is 1. The third-order valence-electron chi connectivity index (χ3n) is 3.21. The van der Waals surface area contributed by atoms with Crippen LogP contribution in [0.5, 0.6) is 11.5 Å². The van der Waals surface area contributed by atoms with Gasteiger partial charge in [0.15, 0.2) is 6.61 Å². The minimum absolute atomic E-state index is 0.0259. The van der Waals surface area contributed by atoms with Crippen molar-refractivity contribution >= 4 is 27.5 Å². The van der Waals surface area contributed by atoms with E-state index in [0.29, 0.717) is 12.3 Å². The Hall–Kier alpha value is -2.01. The second-order valence-electron chi connectivity index (χ2n) is 4.90. The molecular formula is C18H20BrNO3. The third kappa shape index (κ3) is 5.28. The van der Waals surface area contributed by atoms with Crippen molar-refractivity contribution < 1.29 is 14.3 Å². The van der Waals surface area contributed by atoms with Gasteiger partial charge in [-0.05, 0) is 61.4 Å². The Morgan fingerprint density at radius 3 is 2.48 bits per heavy atom. The van der Waals surface area contributed by atoms with Crippen molar-refractivity contribution in [3.8, 4) is 11.5 Å². The highest BCUT2D eigenvalue weighted by Crippen LogP contribution is 2.23. The Kier molecular flexibility index (Phi) is 6.47. The van der Waals surface area contributed by atoms with Crippen LogP contribution in [-0.2, 0) is 11.2 Å². The largest absolute Gasteiger partial charge is 0.494 e. The number of ether oxygens (including phenoxy) is 2. The van der Waals surface area contributed by atoms with Gasteiger partial charge >= 0.3 is 0 Å². The number of anilines is 1. The van der Waals surface area contributed by atoms with Gasteiger partial charge in [-0.3, -0.25) is 4.79 Å². The number of rotatable bonds is 7. The van der Waals surface area contributed by atoms with Crippen molar-refractivity contribution in [1.82, 2.24) is 0 Å². The van der Waals surface area contributed by atoms with Crippen LogP contribution >= 0.6 is 15.9 Å². The fraction of sp³-hybridized carbons (Fsp3) is 0.278. The number of amides is 1. The summed E-state index contributed by atoms with van der Waals surface area (Å²) < 4.78 is 12.0. The average molecular weight is 378 g/mol. The van der Waals surface area contributed by atoms with Gasteiger partial charge in [0, 0.05) is 10.2 Å². The van der Waals surface area contributed by atoms with Crippen LogP contribution < -0.4 is 14.8 Å². The quantitative estimate of drug-likeness (QED) is 0.776. The van der Waals surface area contributed by atoms with Crippen molar-refractivity contribution in [2.45, 2.75) is 20.3 Å². The SMILES string of the molecule is CCOc1ccc(NC(=O)COc2ccc(Br)cc2CC)cc1. The molecule has 4 nitrogen and oxygen atoms in total. The van der Waals surface area contributed by atoms with E-state index in [2.05, 4.69) is 28.2 Å². The Morgan fingerprint density at radius 1 is 1.09 bits per heavy atom. The lowest BCUT2D eigenvalue weighted by atomic mass is 10.1. The van der Waals surface area contributed by atoms with Crippen molar-refractivity contribution in [1.29, 1.82) is 0 Å². The summed E-state index contributed by atoms with van der Waals surface area (Å²) in [6.45, 7) is 4.57. The Labute approximate surface area is 144 Å². The number of aryl methyl sites for hydroxylation is 1. The summed E-state index contributed by atoms with van der Waals surface area (Å²) in [6.07, 6.45) is 0.843. The van der Waals surface area contributed by atoms with E-state index in [1.54, 1.807) is 12.1 Å². The first-order chi connectivity index (χ1) is 11.1. The standard InChI is InChI=1S/C18H20BrNO3/c1-3-13-11-14(19)5-10-17(13)23-12-18(21)20-15-6-8-16(9-7-15)22-4-2/h5-11H,3-4,12H2,1-2H3,(H,20,21). The molecule has 0 aliphatic rings. The molecule has 0 saturated heterocycles. The van der Waals surface area contributed by atoms with Crippen LogP contribution in [0.3, 0.4) is 0 Å². The third-order valence-corrected chi connectivity index (χ3v) is 3.70. The maximum atomic E-state index is 12.0. The molecule has 0 heterocycles. The molecule has 5 heteroatoms. The molecule has 0 aliphatic carbocycles. The lowest BCUT2D eigenvalue weighted by molar-refractivity contribution is -0.118. The van der Waals surface area contributed by atoms with Crippen molar-refractivity contribution in [2.24, 2.45) is 0 Å². The van der Waals surface area contributed by atoms with Crippen LogP contribution in [-0.4, -0.2) is 19.1 Å². The predicted octanol–water partition coefficient (Wildman–Crippen LogP) is 4.43. The molecule has 122 valence electrons. The van der Waals surface area contributed by atoms with Gasteiger partial charge in [0.05, 0.1) is 6.61 Å². The van der Waals surface area contributed by atoms with E-state index in [4.69, 9.17) is 9.47 Å². The van der Waals surface area contributed by atoms with Crippen LogP contribution in [0.25, 0.3) is 0 Å². The Morgan fingerprint density at radius 2 is 1.83 bits per heavy atom. The van der Waals surface area contributed by atoms with Gasteiger partial charge in [0.25, 0.3) is 5.91 Å². The monoisotopic (exact) mass is 377 g/mol. The van der Waals surface area contributed by atoms with Gasteiger partial charge in [-0.25, -0.2) is 0 Å². The summed E-state index contributed by atoms with van der Waals surface area (Å²) in [7, 11) is 0. The van der Waals surface area contributed by atoms with E-state index >= 15 is 0 Å². The van der Waals surface area contributed by atoms with E-state index in [0.717, 1.165) is 28.0 Å². The summed E-state index contributed by atoms with van der Waals surface area (Å²) in [6, 6.07) is 13.0. The Balaban J connectivity index is 1.90. The molecule has 0 aliphatic heterocycles. The van der Waals surface area contributed by atoms with E-state index in [9.17, 15) is 4.79 Å². The van der Waals surface area contributed by atoms with Gasteiger partial charge in [0.2, 0.25) is 0 Å². The van der Waals surface area contributed by atoms with Crippen molar-refractivity contribution in [3.63, 3.8) is 0 Å². The fourth-order valence-electron chi connectivity index (χ4n) is 2.11. The van der Waals surface area contributed by atoms with Gasteiger partial charge in [-0.2, -0.15) is 0 Å². The summed E-state index contributed by atoms with van der Waals surface area (Å²) in [5, 5.41) is 2.80. The lowest BCUT2D eigenvalue weighted by Gasteiger charge is -2.11. The number of carbonyl (C=O) groups is 1. The molecule has 0 atom stereocenters. The molecule has 0 saturated carbocycles. The summed E-state index contributed by atoms with van der Waals surface area (Å²) >= 11 is 3.43. The van der Waals surface area contributed by atoms with E-state index in [-0.39, 0.29) is 12.5 Å². The van der Waals surface area contributed by atoms with Crippen molar-refractivity contribution in [2.75, 3.05) is 18.5 Å². The minimum atomic E-state index is -0.195. The topological polar surface area (TPSA) is 47.6 Å². The van der Waals surface area contributed by atoms with Crippen LogP contribution in [0.2, 0.25) is 0 Å². The zero-order valence-corrected chi connectivity index (χ0v) is 14.9. The normalized spacial score (nSPS) is 10.2. The number of benzene rings is 2. The molecule has 0 unspecified atom stereocenters. The van der Waals surface area contributed by atoms with Crippen LogP contribution in [0.1, 0.15) is 19.4 Å².